The van der Waals surface area contributed by atoms with E-state index in [-0.39, 0.29) is 11.3 Å². The molecule has 3 aromatic rings. The molecule has 0 aromatic heterocycles. The van der Waals surface area contributed by atoms with Gasteiger partial charge in [-0.3, -0.25) is 9.59 Å². The van der Waals surface area contributed by atoms with Gasteiger partial charge in [0.1, 0.15) is 23.9 Å². The van der Waals surface area contributed by atoms with Gasteiger partial charge in [-0.2, -0.15) is 0 Å². The molecule has 0 bridgehead atoms. The zero-order valence-corrected chi connectivity index (χ0v) is 21.6. The highest BCUT2D eigenvalue weighted by molar-refractivity contribution is 6.46. The molecule has 0 spiro atoms. The van der Waals surface area contributed by atoms with Crippen molar-refractivity contribution in [2.75, 3.05) is 34.3 Å². The largest absolute Gasteiger partial charge is 0.507 e. The second kappa shape index (κ2) is 11.3. The van der Waals surface area contributed by atoms with Gasteiger partial charge in [0.25, 0.3) is 11.7 Å². The number of ether oxygens (including phenoxy) is 2. The van der Waals surface area contributed by atoms with E-state index in [1.165, 1.54) is 4.90 Å². The molecule has 1 N–H and O–H groups in total. The first-order valence-corrected chi connectivity index (χ1v) is 12.1. The molecule has 1 unspecified atom stereocenters. The van der Waals surface area contributed by atoms with Crippen LogP contribution in [0, 0.1) is 6.92 Å². The van der Waals surface area contributed by atoms with Crippen LogP contribution in [-0.2, 0) is 16.2 Å². The minimum atomic E-state index is -0.718. The number of amides is 1. The summed E-state index contributed by atoms with van der Waals surface area (Å²) in [7, 11) is 5.38. The lowest BCUT2D eigenvalue weighted by Gasteiger charge is -2.27. The third-order valence-corrected chi connectivity index (χ3v) is 6.46. The lowest BCUT2D eigenvalue weighted by atomic mass is 9.94. The van der Waals surface area contributed by atoms with Gasteiger partial charge in [-0.05, 0) is 68.0 Å². The van der Waals surface area contributed by atoms with Gasteiger partial charge in [0.05, 0.1) is 18.7 Å². The van der Waals surface area contributed by atoms with Gasteiger partial charge < -0.3 is 24.4 Å². The van der Waals surface area contributed by atoms with Crippen molar-refractivity contribution in [1.82, 2.24) is 9.80 Å². The molecule has 0 radical (unpaired) electrons. The fourth-order valence-corrected chi connectivity index (χ4v) is 4.43. The molecule has 0 aliphatic carbocycles. The first kappa shape index (κ1) is 26.0. The van der Waals surface area contributed by atoms with E-state index >= 15 is 0 Å². The van der Waals surface area contributed by atoms with Crippen LogP contribution in [0.15, 0.2) is 78.4 Å². The fourth-order valence-electron chi connectivity index (χ4n) is 4.43. The monoisotopic (exact) mass is 500 g/mol. The van der Waals surface area contributed by atoms with Gasteiger partial charge in [-0.25, -0.2) is 0 Å². The van der Waals surface area contributed by atoms with Crippen molar-refractivity contribution in [2.45, 2.75) is 19.6 Å². The molecule has 3 aromatic carbocycles. The standard InChI is InChI=1S/C30H32N2O5/c1-20-18-24(36-4)14-15-25(20)28(33)26-27(32(17-16-31(2)3)30(35)29(26)34)22-10-12-23(13-11-22)37-19-21-8-6-5-7-9-21/h5-15,18,27,33H,16-17,19H2,1-4H3/b28-26+. The van der Waals surface area contributed by atoms with E-state index in [4.69, 9.17) is 9.47 Å². The summed E-state index contributed by atoms with van der Waals surface area (Å²) < 4.78 is 11.2. The Labute approximate surface area is 217 Å². The third-order valence-electron chi connectivity index (χ3n) is 6.46. The number of benzene rings is 3. The maximum absolute atomic E-state index is 13.2. The van der Waals surface area contributed by atoms with Gasteiger partial charge in [0.2, 0.25) is 0 Å². The fraction of sp³-hybridized carbons (Fsp3) is 0.267. The summed E-state index contributed by atoms with van der Waals surface area (Å²) in [6.07, 6.45) is 0. The highest BCUT2D eigenvalue weighted by Crippen LogP contribution is 2.40. The Kier molecular flexibility index (Phi) is 7.94. The molecular formula is C30H32N2O5. The summed E-state index contributed by atoms with van der Waals surface area (Å²) in [4.78, 5) is 29.9. The molecule has 1 heterocycles. The Hall–Kier alpha value is -4.10. The highest BCUT2D eigenvalue weighted by Gasteiger charge is 2.46. The van der Waals surface area contributed by atoms with Crippen molar-refractivity contribution in [3.8, 4) is 11.5 Å². The molecule has 37 heavy (non-hydrogen) atoms. The third kappa shape index (κ3) is 5.67. The Morgan fingerprint density at radius 3 is 2.27 bits per heavy atom. The van der Waals surface area contributed by atoms with Crippen LogP contribution < -0.4 is 9.47 Å². The van der Waals surface area contributed by atoms with Crippen molar-refractivity contribution in [1.29, 1.82) is 0 Å². The number of methoxy groups -OCH3 is 1. The van der Waals surface area contributed by atoms with Gasteiger partial charge in [0.15, 0.2) is 0 Å². The molecule has 1 saturated heterocycles. The average molecular weight is 501 g/mol. The topological polar surface area (TPSA) is 79.3 Å². The summed E-state index contributed by atoms with van der Waals surface area (Å²) in [6, 6.07) is 21.7. The number of nitrogens with zero attached hydrogens (tertiary/aromatic N) is 2. The normalized spacial score (nSPS) is 16.9. The van der Waals surface area contributed by atoms with Crippen molar-refractivity contribution >= 4 is 17.4 Å². The van der Waals surface area contributed by atoms with Crippen LogP contribution >= 0.6 is 0 Å². The maximum atomic E-state index is 13.2. The molecule has 1 aliphatic rings. The van der Waals surface area contributed by atoms with Gasteiger partial charge in [-0.15, -0.1) is 0 Å². The van der Waals surface area contributed by atoms with Crippen LogP contribution in [0.25, 0.3) is 5.76 Å². The van der Waals surface area contributed by atoms with Gasteiger partial charge >= 0.3 is 0 Å². The van der Waals surface area contributed by atoms with Crippen molar-refractivity contribution in [3.05, 3.63) is 101 Å². The SMILES string of the molecule is COc1ccc(/C(O)=C2\C(=O)C(=O)N(CCN(C)C)C2c2ccc(OCc3ccccc3)cc2)c(C)c1. The number of aryl methyl sites for hydroxylation is 1. The second-order valence-electron chi connectivity index (χ2n) is 9.32. The summed E-state index contributed by atoms with van der Waals surface area (Å²) in [6.45, 7) is 3.17. The number of rotatable bonds is 9. The van der Waals surface area contributed by atoms with Gasteiger partial charge in [0, 0.05) is 18.7 Å². The number of ketones is 1. The molecule has 0 saturated carbocycles. The predicted molar refractivity (Wildman–Crippen MR) is 143 cm³/mol. The number of Topliss-reactive ketones (excluding diaryl/α,β-unsaturated/α-hetero) is 1. The first-order valence-electron chi connectivity index (χ1n) is 12.1. The maximum Gasteiger partial charge on any atom is 0.295 e. The van der Waals surface area contributed by atoms with Crippen LogP contribution in [0.3, 0.4) is 0 Å². The molecule has 7 nitrogen and oxygen atoms in total. The van der Waals surface area contributed by atoms with E-state index in [1.54, 1.807) is 25.3 Å². The average Bonchev–Trinajstić information content (AvgIpc) is 3.16. The van der Waals surface area contributed by atoms with Crippen LogP contribution in [0.2, 0.25) is 0 Å². The number of carbonyl (C=O) groups is 2. The summed E-state index contributed by atoms with van der Waals surface area (Å²) in [5, 5.41) is 11.3. The molecule has 1 aliphatic heterocycles. The van der Waals surface area contributed by atoms with Crippen LogP contribution in [0.5, 0.6) is 11.5 Å². The minimum Gasteiger partial charge on any atom is -0.507 e. The summed E-state index contributed by atoms with van der Waals surface area (Å²) >= 11 is 0. The minimum absolute atomic E-state index is 0.0787. The van der Waals surface area contributed by atoms with E-state index in [2.05, 4.69) is 0 Å². The smallest absolute Gasteiger partial charge is 0.295 e. The van der Waals surface area contributed by atoms with Crippen molar-refractivity contribution in [2.24, 2.45) is 0 Å². The van der Waals surface area contributed by atoms with E-state index in [1.807, 2.05) is 80.5 Å². The van der Waals surface area contributed by atoms with Gasteiger partial charge in [-0.1, -0.05) is 42.5 Å². The number of likely N-dealkylation sites (N-methyl/N-ethyl adjacent to an activating group) is 1. The number of aliphatic hydroxyl groups excluding tert-OH is 1. The zero-order chi connectivity index (χ0) is 26.5. The molecule has 1 fully saturated rings. The van der Waals surface area contributed by atoms with E-state index in [0.717, 1.165) is 16.7 Å². The first-order chi connectivity index (χ1) is 17.8. The second-order valence-corrected chi connectivity index (χ2v) is 9.32. The number of hydrogen-bond donors (Lipinski definition) is 1. The molecule has 1 atom stereocenters. The Morgan fingerprint density at radius 1 is 0.973 bits per heavy atom. The molecule has 4 rings (SSSR count). The number of likely N-dealkylation sites (tertiary alicyclic amines) is 1. The highest BCUT2D eigenvalue weighted by atomic mass is 16.5. The van der Waals surface area contributed by atoms with Crippen molar-refractivity contribution in [3.63, 3.8) is 0 Å². The molecule has 7 heteroatoms. The zero-order valence-electron chi connectivity index (χ0n) is 21.6. The Balaban J connectivity index is 1.71. The van der Waals surface area contributed by atoms with Crippen LogP contribution in [0.1, 0.15) is 28.3 Å². The quantitative estimate of drug-likeness (QED) is 0.264. The molecule has 192 valence electrons. The molecule has 1 amide bonds. The van der Waals surface area contributed by atoms with Crippen LogP contribution in [-0.4, -0.2) is 60.9 Å². The summed E-state index contributed by atoms with van der Waals surface area (Å²) in [5.74, 6) is -0.197. The summed E-state index contributed by atoms with van der Waals surface area (Å²) in [5.41, 5.74) is 3.07. The number of hydrogen-bond acceptors (Lipinski definition) is 6. The Bertz CT molecular complexity index is 1300. The number of carbonyl (C=O) groups excluding carboxylic acids is 2. The lowest BCUT2D eigenvalue weighted by Crippen LogP contribution is -2.35. The lowest BCUT2D eigenvalue weighted by molar-refractivity contribution is -0.140. The number of aliphatic hydroxyl groups is 1. The van der Waals surface area contributed by atoms with Crippen LogP contribution in [0.4, 0.5) is 0 Å². The van der Waals surface area contributed by atoms with E-state index < -0.39 is 17.7 Å². The van der Waals surface area contributed by atoms with Crippen molar-refractivity contribution < 1.29 is 24.2 Å². The molecular weight excluding hydrogens is 468 g/mol. The van der Waals surface area contributed by atoms with E-state index in [0.29, 0.717) is 36.8 Å². The Morgan fingerprint density at radius 2 is 1.65 bits per heavy atom. The predicted octanol–water partition coefficient (Wildman–Crippen LogP) is 4.57. The van der Waals surface area contributed by atoms with E-state index in [9.17, 15) is 14.7 Å².